The number of aromatic nitrogens is 2. The highest BCUT2D eigenvalue weighted by Gasteiger charge is 2.18. The quantitative estimate of drug-likeness (QED) is 0.588. The van der Waals surface area contributed by atoms with Crippen molar-refractivity contribution >= 4 is 17.4 Å². The zero-order valence-corrected chi connectivity index (χ0v) is 11.4. The third kappa shape index (κ3) is 3.94. The van der Waals surface area contributed by atoms with Gasteiger partial charge in [-0.2, -0.15) is 0 Å². The molecule has 19 heavy (non-hydrogen) atoms. The van der Waals surface area contributed by atoms with Gasteiger partial charge in [0.1, 0.15) is 6.20 Å². The second-order valence-corrected chi connectivity index (χ2v) is 4.04. The summed E-state index contributed by atoms with van der Waals surface area (Å²) in [4.78, 5) is 23.7. The van der Waals surface area contributed by atoms with Crippen molar-refractivity contribution in [3.05, 3.63) is 16.3 Å². The number of nitrogens with one attached hydrogen (secondary N) is 1. The minimum absolute atomic E-state index is 0.0242. The number of amides is 1. The number of aryl methyl sites for hydroxylation is 1. The molecule has 106 valence electrons. The van der Waals surface area contributed by atoms with Gasteiger partial charge in [-0.3, -0.25) is 19.6 Å². The Labute approximate surface area is 111 Å². The van der Waals surface area contributed by atoms with E-state index in [2.05, 4.69) is 10.4 Å². The van der Waals surface area contributed by atoms with E-state index in [1.165, 1.54) is 10.9 Å². The Morgan fingerprint density at radius 3 is 2.68 bits per heavy atom. The Morgan fingerprint density at radius 1 is 1.53 bits per heavy atom. The van der Waals surface area contributed by atoms with E-state index in [1.54, 1.807) is 11.9 Å². The van der Waals surface area contributed by atoms with Crippen LogP contribution in [0.2, 0.25) is 0 Å². The Hall–Kier alpha value is -2.12. The second kappa shape index (κ2) is 6.72. The molecule has 1 aromatic heterocycles. The van der Waals surface area contributed by atoms with Crippen LogP contribution in [0, 0.1) is 10.1 Å². The lowest BCUT2D eigenvalue weighted by molar-refractivity contribution is -0.384. The second-order valence-electron chi connectivity index (χ2n) is 4.04. The average molecular weight is 269 g/mol. The summed E-state index contributed by atoms with van der Waals surface area (Å²) >= 11 is 0. The molecule has 0 atom stereocenters. The molecule has 0 aliphatic carbocycles. The van der Waals surface area contributed by atoms with Gasteiger partial charge in [0.25, 0.3) is 0 Å². The number of anilines is 1. The minimum Gasteiger partial charge on any atom is -0.362 e. The third-order valence-corrected chi connectivity index (χ3v) is 2.75. The SMILES string of the molecule is CCN(CC)C(=O)CCNc1nn(C)cc1[N+](=O)[O-]. The molecular weight excluding hydrogens is 250 g/mol. The van der Waals surface area contributed by atoms with E-state index in [-0.39, 0.29) is 23.8 Å². The number of carbonyl (C=O) groups excluding carboxylic acids is 1. The molecule has 0 spiro atoms. The van der Waals surface area contributed by atoms with E-state index in [4.69, 9.17) is 0 Å². The smallest absolute Gasteiger partial charge is 0.330 e. The molecule has 8 nitrogen and oxygen atoms in total. The van der Waals surface area contributed by atoms with Gasteiger partial charge in [-0.15, -0.1) is 5.10 Å². The van der Waals surface area contributed by atoms with Gasteiger partial charge in [0.2, 0.25) is 11.7 Å². The summed E-state index contributed by atoms with van der Waals surface area (Å²) in [6.07, 6.45) is 1.62. The van der Waals surface area contributed by atoms with Gasteiger partial charge in [0.05, 0.1) is 4.92 Å². The van der Waals surface area contributed by atoms with Crippen molar-refractivity contribution in [2.75, 3.05) is 25.0 Å². The summed E-state index contributed by atoms with van der Waals surface area (Å²) in [5.74, 6) is 0.218. The van der Waals surface area contributed by atoms with Crippen molar-refractivity contribution in [2.24, 2.45) is 7.05 Å². The third-order valence-electron chi connectivity index (χ3n) is 2.75. The first-order chi connectivity index (χ1) is 8.99. The molecule has 0 radical (unpaired) electrons. The maximum atomic E-state index is 11.7. The van der Waals surface area contributed by atoms with E-state index < -0.39 is 4.92 Å². The Balaban J connectivity index is 2.54. The van der Waals surface area contributed by atoms with Gasteiger partial charge in [-0.25, -0.2) is 0 Å². The molecule has 0 aliphatic heterocycles. The van der Waals surface area contributed by atoms with Crippen LogP contribution in [0.25, 0.3) is 0 Å². The van der Waals surface area contributed by atoms with Crippen LogP contribution < -0.4 is 5.32 Å². The average Bonchev–Trinajstić information content (AvgIpc) is 2.72. The van der Waals surface area contributed by atoms with Crippen molar-refractivity contribution in [2.45, 2.75) is 20.3 Å². The van der Waals surface area contributed by atoms with Gasteiger partial charge in [0.15, 0.2) is 0 Å². The van der Waals surface area contributed by atoms with Crippen molar-refractivity contribution < 1.29 is 9.72 Å². The summed E-state index contributed by atoms with van der Waals surface area (Å²) in [5, 5.41) is 17.6. The van der Waals surface area contributed by atoms with Crippen LogP contribution in [0.15, 0.2) is 6.20 Å². The summed E-state index contributed by atoms with van der Waals surface area (Å²) in [6, 6.07) is 0. The Bertz CT molecular complexity index is 453. The summed E-state index contributed by atoms with van der Waals surface area (Å²) in [6.45, 7) is 5.49. The van der Waals surface area contributed by atoms with E-state index in [1.807, 2.05) is 13.8 Å². The number of carbonyl (C=O) groups is 1. The molecule has 0 unspecified atom stereocenters. The van der Waals surface area contributed by atoms with Crippen LogP contribution in [0.3, 0.4) is 0 Å². The van der Waals surface area contributed by atoms with Gasteiger partial charge < -0.3 is 10.2 Å². The molecule has 0 fully saturated rings. The summed E-state index contributed by atoms with van der Waals surface area (Å²) in [7, 11) is 1.61. The van der Waals surface area contributed by atoms with Crippen LogP contribution in [0.4, 0.5) is 11.5 Å². The fourth-order valence-electron chi connectivity index (χ4n) is 1.76. The number of nitro groups is 1. The highest BCUT2D eigenvalue weighted by Crippen LogP contribution is 2.21. The fourth-order valence-corrected chi connectivity index (χ4v) is 1.76. The van der Waals surface area contributed by atoms with E-state index >= 15 is 0 Å². The topological polar surface area (TPSA) is 93.3 Å². The first-order valence-electron chi connectivity index (χ1n) is 6.19. The van der Waals surface area contributed by atoms with Gasteiger partial charge >= 0.3 is 5.69 Å². The van der Waals surface area contributed by atoms with E-state index in [9.17, 15) is 14.9 Å². The normalized spacial score (nSPS) is 10.3. The van der Waals surface area contributed by atoms with Crippen molar-refractivity contribution in [3.8, 4) is 0 Å². The van der Waals surface area contributed by atoms with Gasteiger partial charge in [0, 0.05) is 33.1 Å². The standard InChI is InChI=1S/C11H19N5O3/c1-4-15(5-2)10(17)6-7-12-11-9(16(18)19)8-14(3)13-11/h8H,4-7H2,1-3H3,(H,12,13). The van der Waals surface area contributed by atoms with Crippen LogP contribution in [0.5, 0.6) is 0 Å². The lowest BCUT2D eigenvalue weighted by Crippen LogP contribution is -2.31. The number of rotatable bonds is 7. The number of hydrogen-bond acceptors (Lipinski definition) is 5. The molecule has 1 aromatic rings. The predicted octanol–water partition coefficient (Wildman–Crippen LogP) is 0.999. The molecule has 1 heterocycles. The Morgan fingerprint density at radius 2 is 2.16 bits per heavy atom. The summed E-state index contributed by atoms with van der Waals surface area (Å²) in [5.41, 5.74) is -0.0854. The first-order valence-corrected chi connectivity index (χ1v) is 6.19. The zero-order chi connectivity index (χ0) is 14.4. The van der Waals surface area contributed by atoms with Crippen LogP contribution in [0.1, 0.15) is 20.3 Å². The molecule has 1 rings (SSSR count). The van der Waals surface area contributed by atoms with Crippen molar-refractivity contribution in [3.63, 3.8) is 0 Å². The molecule has 0 saturated heterocycles. The molecular formula is C11H19N5O3. The van der Waals surface area contributed by atoms with Crippen LogP contribution >= 0.6 is 0 Å². The first kappa shape index (κ1) is 14.9. The highest BCUT2D eigenvalue weighted by molar-refractivity contribution is 5.76. The van der Waals surface area contributed by atoms with E-state index in [0.717, 1.165) is 0 Å². The predicted molar refractivity (Wildman–Crippen MR) is 70.9 cm³/mol. The molecule has 8 heteroatoms. The van der Waals surface area contributed by atoms with Crippen LogP contribution in [-0.4, -0.2) is 45.1 Å². The molecule has 1 N–H and O–H groups in total. The number of nitrogens with zero attached hydrogens (tertiary/aromatic N) is 4. The van der Waals surface area contributed by atoms with Gasteiger partial charge in [-0.05, 0) is 13.8 Å². The molecule has 0 aliphatic rings. The lowest BCUT2D eigenvalue weighted by atomic mass is 10.3. The molecule has 0 saturated carbocycles. The molecule has 1 amide bonds. The van der Waals surface area contributed by atoms with Gasteiger partial charge in [-0.1, -0.05) is 0 Å². The Kier molecular flexibility index (Phi) is 5.28. The summed E-state index contributed by atoms with van der Waals surface area (Å²) < 4.78 is 1.37. The maximum absolute atomic E-state index is 11.7. The maximum Gasteiger partial charge on any atom is 0.330 e. The zero-order valence-electron chi connectivity index (χ0n) is 11.4. The van der Waals surface area contributed by atoms with E-state index in [0.29, 0.717) is 19.6 Å². The van der Waals surface area contributed by atoms with Crippen molar-refractivity contribution in [1.29, 1.82) is 0 Å². The lowest BCUT2D eigenvalue weighted by Gasteiger charge is -2.18. The monoisotopic (exact) mass is 269 g/mol. The highest BCUT2D eigenvalue weighted by atomic mass is 16.6. The van der Waals surface area contributed by atoms with Crippen molar-refractivity contribution in [1.82, 2.24) is 14.7 Å². The number of hydrogen-bond donors (Lipinski definition) is 1. The molecule has 0 bridgehead atoms. The molecule has 0 aromatic carbocycles. The largest absolute Gasteiger partial charge is 0.362 e. The minimum atomic E-state index is -0.498. The van der Waals surface area contributed by atoms with Crippen LogP contribution in [-0.2, 0) is 11.8 Å². The fraction of sp³-hybridized carbons (Fsp3) is 0.636.